The normalized spacial score (nSPS) is 10.6. The molecule has 0 radical (unpaired) electrons. The monoisotopic (exact) mass is 374 g/mol. The van der Waals surface area contributed by atoms with Crippen LogP contribution < -0.4 is 5.32 Å². The van der Waals surface area contributed by atoms with Crippen LogP contribution in [0.4, 0.5) is 11.4 Å². The lowest BCUT2D eigenvalue weighted by molar-refractivity contribution is -0.383. The van der Waals surface area contributed by atoms with E-state index < -0.39 is 4.92 Å². The molecule has 0 aliphatic heterocycles. The van der Waals surface area contributed by atoms with Crippen molar-refractivity contribution in [3.63, 3.8) is 0 Å². The highest BCUT2D eigenvalue weighted by atomic mass is 16.6. The maximum Gasteiger partial charge on any atom is 0.293 e. The van der Waals surface area contributed by atoms with Crippen LogP contribution in [-0.4, -0.2) is 25.0 Å². The Kier molecular flexibility index (Phi) is 4.70. The molecule has 0 aliphatic rings. The molecule has 1 aromatic carbocycles. The second kappa shape index (κ2) is 7.62. The van der Waals surface area contributed by atoms with Gasteiger partial charge < -0.3 is 9.84 Å². The van der Waals surface area contributed by atoms with E-state index in [-0.39, 0.29) is 11.6 Å². The average Bonchev–Trinajstić information content (AvgIpc) is 3.24. The summed E-state index contributed by atoms with van der Waals surface area (Å²) in [5.74, 6) is 0.557. The van der Waals surface area contributed by atoms with Crippen molar-refractivity contribution in [1.82, 2.24) is 20.1 Å². The molecule has 0 aliphatic carbocycles. The summed E-state index contributed by atoms with van der Waals surface area (Å²) >= 11 is 0. The van der Waals surface area contributed by atoms with Crippen LogP contribution in [0.25, 0.3) is 22.8 Å². The van der Waals surface area contributed by atoms with Crippen LogP contribution in [0, 0.1) is 10.1 Å². The van der Waals surface area contributed by atoms with Crippen LogP contribution >= 0.6 is 0 Å². The third-order valence-electron chi connectivity index (χ3n) is 3.97. The first-order chi connectivity index (χ1) is 13.7. The number of hydrogen-bond acceptors (Lipinski definition) is 8. The van der Waals surface area contributed by atoms with Gasteiger partial charge in [0, 0.05) is 35.8 Å². The van der Waals surface area contributed by atoms with Crippen LogP contribution in [0.2, 0.25) is 0 Å². The topological polar surface area (TPSA) is 120 Å². The summed E-state index contributed by atoms with van der Waals surface area (Å²) in [6.45, 7) is 0.368. The lowest BCUT2D eigenvalue weighted by Gasteiger charge is -2.07. The zero-order valence-electron chi connectivity index (χ0n) is 14.5. The SMILES string of the molecule is O=[N+]([O-])c1cc(-c2nc(-c3cccnc3)no2)ccc1NCc1ccccn1. The quantitative estimate of drug-likeness (QED) is 0.400. The Balaban J connectivity index is 1.60. The predicted octanol–water partition coefficient (Wildman–Crippen LogP) is 3.71. The summed E-state index contributed by atoms with van der Waals surface area (Å²) in [5, 5.41) is 18.5. The number of nitrogens with zero attached hydrogens (tertiary/aromatic N) is 5. The van der Waals surface area contributed by atoms with Crippen LogP contribution in [0.3, 0.4) is 0 Å². The molecular weight excluding hydrogens is 360 g/mol. The van der Waals surface area contributed by atoms with Crippen LogP contribution in [0.15, 0.2) is 71.6 Å². The van der Waals surface area contributed by atoms with Crippen LogP contribution in [0.1, 0.15) is 5.69 Å². The van der Waals surface area contributed by atoms with E-state index in [1.807, 2.05) is 18.2 Å². The van der Waals surface area contributed by atoms with E-state index in [0.717, 1.165) is 5.69 Å². The van der Waals surface area contributed by atoms with Crippen molar-refractivity contribution < 1.29 is 9.45 Å². The summed E-state index contributed by atoms with van der Waals surface area (Å²) in [7, 11) is 0. The number of rotatable bonds is 6. The second-order valence-corrected chi connectivity index (χ2v) is 5.83. The number of anilines is 1. The van der Waals surface area contributed by atoms with Gasteiger partial charge in [-0.15, -0.1) is 0 Å². The Labute approximate surface area is 159 Å². The zero-order chi connectivity index (χ0) is 19.3. The maximum absolute atomic E-state index is 11.5. The van der Waals surface area contributed by atoms with E-state index in [4.69, 9.17) is 4.52 Å². The largest absolute Gasteiger partial charge is 0.374 e. The Bertz CT molecular complexity index is 1100. The number of nitrogens with one attached hydrogen (secondary N) is 1. The first kappa shape index (κ1) is 17.3. The molecule has 0 bridgehead atoms. The molecule has 0 saturated carbocycles. The molecule has 138 valence electrons. The number of nitro groups is 1. The third-order valence-corrected chi connectivity index (χ3v) is 3.97. The van der Waals surface area contributed by atoms with Crippen LogP contribution in [0.5, 0.6) is 0 Å². The standard InChI is InChI=1S/C19H14N6O3/c26-25(27)17-10-13(6-7-16(17)22-12-15-5-1-2-9-21-15)19-23-18(24-28-19)14-4-3-8-20-11-14/h1-11,22H,12H2. The minimum atomic E-state index is -0.456. The fraction of sp³-hybridized carbons (Fsp3) is 0.0526. The van der Waals surface area contributed by atoms with E-state index in [9.17, 15) is 10.1 Å². The fourth-order valence-electron chi connectivity index (χ4n) is 2.61. The summed E-state index contributed by atoms with van der Waals surface area (Å²) in [5.41, 5.74) is 2.22. The van der Waals surface area contributed by atoms with Crippen molar-refractivity contribution in [3.8, 4) is 22.8 Å². The second-order valence-electron chi connectivity index (χ2n) is 5.83. The molecule has 4 rings (SSSR count). The van der Waals surface area contributed by atoms with Gasteiger partial charge in [-0.3, -0.25) is 20.1 Å². The van der Waals surface area contributed by atoms with E-state index in [2.05, 4.69) is 25.4 Å². The van der Waals surface area contributed by atoms with E-state index in [1.165, 1.54) is 6.07 Å². The number of hydrogen-bond donors (Lipinski definition) is 1. The highest BCUT2D eigenvalue weighted by Gasteiger charge is 2.18. The van der Waals surface area contributed by atoms with Gasteiger partial charge in [-0.2, -0.15) is 4.98 Å². The van der Waals surface area contributed by atoms with Gasteiger partial charge in [0.25, 0.3) is 11.6 Å². The van der Waals surface area contributed by atoms with Gasteiger partial charge in [0.15, 0.2) is 0 Å². The van der Waals surface area contributed by atoms with Gasteiger partial charge in [-0.25, -0.2) is 0 Å². The van der Waals surface area contributed by atoms with Crippen molar-refractivity contribution in [2.24, 2.45) is 0 Å². The molecule has 9 heteroatoms. The van der Waals surface area contributed by atoms with Gasteiger partial charge >= 0.3 is 0 Å². The first-order valence-corrected chi connectivity index (χ1v) is 8.37. The molecule has 0 spiro atoms. The number of pyridine rings is 2. The molecule has 0 fully saturated rings. The van der Waals surface area contributed by atoms with Crippen LogP contribution in [-0.2, 0) is 6.54 Å². The van der Waals surface area contributed by atoms with Crippen molar-refractivity contribution in [2.75, 3.05) is 5.32 Å². The molecular formula is C19H14N6O3. The molecule has 0 unspecified atom stereocenters. The molecule has 4 aromatic rings. The average molecular weight is 374 g/mol. The molecule has 1 N–H and O–H groups in total. The summed E-state index contributed by atoms with van der Waals surface area (Å²) < 4.78 is 5.27. The summed E-state index contributed by atoms with van der Waals surface area (Å²) in [6.07, 6.45) is 4.93. The third kappa shape index (κ3) is 3.68. The van der Waals surface area contributed by atoms with E-state index in [1.54, 1.807) is 42.9 Å². The lowest BCUT2D eigenvalue weighted by atomic mass is 10.1. The number of aromatic nitrogens is 4. The fourth-order valence-corrected chi connectivity index (χ4v) is 2.61. The van der Waals surface area contributed by atoms with Gasteiger partial charge in [0.2, 0.25) is 5.82 Å². The van der Waals surface area contributed by atoms with E-state index >= 15 is 0 Å². The zero-order valence-corrected chi connectivity index (χ0v) is 14.5. The predicted molar refractivity (Wildman–Crippen MR) is 101 cm³/mol. The Hall–Kier alpha value is -4.14. The van der Waals surface area contributed by atoms with Gasteiger partial charge in [0.1, 0.15) is 5.69 Å². The molecule has 0 saturated heterocycles. The van der Waals surface area contributed by atoms with Gasteiger partial charge in [-0.1, -0.05) is 11.2 Å². The van der Waals surface area contributed by atoms with Gasteiger partial charge in [-0.05, 0) is 36.4 Å². The highest BCUT2D eigenvalue weighted by Crippen LogP contribution is 2.31. The number of benzene rings is 1. The van der Waals surface area contributed by atoms with E-state index in [0.29, 0.717) is 29.2 Å². The van der Waals surface area contributed by atoms with Crippen molar-refractivity contribution in [3.05, 3.63) is 82.9 Å². The van der Waals surface area contributed by atoms with Crippen molar-refractivity contribution in [2.45, 2.75) is 6.54 Å². The maximum atomic E-state index is 11.5. The molecule has 9 nitrogen and oxygen atoms in total. The minimum Gasteiger partial charge on any atom is -0.374 e. The molecule has 3 aromatic heterocycles. The molecule has 28 heavy (non-hydrogen) atoms. The highest BCUT2D eigenvalue weighted by molar-refractivity contribution is 5.70. The number of nitro benzene ring substituents is 1. The Morgan fingerprint density at radius 2 is 2.00 bits per heavy atom. The molecule has 0 amide bonds. The summed E-state index contributed by atoms with van der Waals surface area (Å²) in [6, 6.07) is 13.8. The first-order valence-electron chi connectivity index (χ1n) is 8.37. The van der Waals surface area contributed by atoms with Crippen molar-refractivity contribution in [1.29, 1.82) is 0 Å². The Morgan fingerprint density at radius 3 is 2.75 bits per heavy atom. The lowest BCUT2D eigenvalue weighted by Crippen LogP contribution is -2.04. The Morgan fingerprint density at radius 1 is 1.07 bits per heavy atom. The van der Waals surface area contributed by atoms with Crippen molar-refractivity contribution >= 4 is 11.4 Å². The minimum absolute atomic E-state index is 0.0884. The molecule has 0 atom stereocenters. The smallest absolute Gasteiger partial charge is 0.293 e. The van der Waals surface area contributed by atoms with Gasteiger partial charge in [0.05, 0.1) is 17.2 Å². The summed E-state index contributed by atoms with van der Waals surface area (Å²) in [4.78, 5) is 23.6. The molecule has 3 heterocycles.